The van der Waals surface area contributed by atoms with E-state index in [-0.39, 0.29) is 36.7 Å². The number of fused-ring (bicyclic) bond motifs is 1. The number of nitrogens with zero attached hydrogens (tertiary/aromatic N) is 4. The van der Waals surface area contributed by atoms with E-state index < -0.39 is 12.1 Å². The van der Waals surface area contributed by atoms with Crippen LogP contribution in [-0.2, 0) is 27.3 Å². The summed E-state index contributed by atoms with van der Waals surface area (Å²) in [5, 5.41) is 18.7. The first-order valence-corrected chi connectivity index (χ1v) is 9.85. The zero-order chi connectivity index (χ0) is 21.7. The highest BCUT2D eigenvalue weighted by Gasteiger charge is 2.38. The summed E-state index contributed by atoms with van der Waals surface area (Å²) < 4.78 is 0. The predicted molar refractivity (Wildman–Crippen MR) is 108 cm³/mol. The van der Waals surface area contributed by atoms with Gasteiger partial charge in [-0.25, -0.2) is 0 Å². The molecular formula is C19H26N8O3. The van der Waals surface area contributed by atoms with Crippen LogP contribution in [0, 0.1) is 5.92 Å². The smallest absolute Gasteiger partial charge is 0.247 e. The summed E-state index contributed by atoms with van der Waals surface area (Å²) >= 11 is 0. The van der Waals surface area contributed by atoms with Crippen molar-refractivity contribution in [2.24, 2.45) is 11.7 Å². The van der Waals surface area contributed by atoms with Gasteiger partial charge >= 0.3 is 0 Å². The minimum absolute atomic E-state index is 0.00344. The molecule has 3 atom stereocenters. The van der Waals surface area contributed by atoms with Crippen molar-refractivity contribution in [3.8, 4) is 0 Å². The molecule has 1 aliphatic heterocycles. The third kappa shape index (κ3) is 4.62. The van der Waals surface area contributed by atoms with E-state index in [1.807, 2.05) is 26.0 Å². The van der Waals surface area contributed by atoms with E-state index in [9.17, 15) is 14.4 Å². The average Bonchev–Trinajstić information content (AvgIpc) is 3.42. The molecule has 0 radical (unpaired) electrons. The number of nitrogens with two attached hydrogens (primary N) is 1. The quantitative estimate of drug-likeness (QED) is 0.443. The number of tetrazole rings is 1. The van der Waals surface area contributed by atoms with Crippen LogP contribution in [0.25, 0.3) is 0 Å². The van der Waals surface area contributed by atoms with Gasteiger partial charge in [-0.3, -0.25) is 19.3 Å². The van der Waals surface area contributed by atoms with Crippen molar-refractivity contribution >= 4 is 23.4 Å². The van der Waals surface area contributed by atoms with E-state index in [1.54, 1.807) is 12.1 Å². The number of carbonyl (C=O) groups is 3. The van der Waals surface area contributed by atoms with E-state index in [0.29, 0.717) is 17.9 Å². The zero-order valence-electron chi connectivity index (χ0n) is 17.0. The van der Waals surface area contributed by atoms with Crippen LogP contribution in [0.2, 0.25) is 0 Å². The third-order valence-electron chi connectivity index (χ3n) is 5.33. The number of rotatable bonds is 8. The van der Waals surface area contributed by atoms with Crippen LogP contribution in [0.15, 0.2) is 24.3 Å². The van der Waals surface area contributed by atoms with Crippen LogP contribution in [0.1, 0.15) is 31.7 Å². The lowest BCUT2D eigenvalue weighted by molar-refractivity contribution is -0.128. The van der Waals surface area contributed by atoms with Crippen molar-refractivity contribution in [2.45, 2.75) is 45.3 Å². The highest BCUT2D eigenvalue weighted by Crippen LogP contribution is 2.32. The van der Waals surface area contributed by atoms with Gasteiger partial charge in [-0.05, 0) is 17.5 Å². The predicted octanol–water partition coefficient (Wildman–Crippen LogP) is -0.737. The van der Waals surface area contributed by atoms with Crippen molar-refractivity contribution in [1.29, 1.82) is 0 Å². The Labute approximate surface area is 173 Å². The number of para-hydroxylation sites is 1. The number of aromatic amines is 1. The molecule has 0 fully saturated rings. The van der Waals surface area contributed by atoms with Crippen LogP contribution in [-0.4, -0.2) is 57.0 Å². The molecule has 1 aromatic carbocycles. The van der Waals surface area contributed by atoms with Gasteiger partial charge in [-0.2, -0.15) is 5.21 Å². The van der Waals surface area contributed by atoms with Gasteiger partial charge in [0.25, 0.3) is 0 Å². The van der Waals surface area contributed by atoms with Crippen molar-refractivity contribution in [3.63, 3.8) is 0 Å². The normalized spacial score (nSPS) is 17.2. The molecule has 1 aliphatic rings. The van der Waals surface area contributed by atoms with Crippen LogP contribution in [0.3, 0.4) is 0 Å². The SMILES string of the molecule is CC[C@H](C)[C@H](N)C(=O)NCC(=O)N1c2ccccc2C[C@H]1C(=O)NCc1nn[nH]n1. The fourth-order valence-corrected chi connectivity index (χ4v) is 3.32. The Bertz CT molecular complexity index is 901. The highest BCUT2D eigenvalue weighted by molar-refractivity contribution is 6.05. The maximum Gasteiger partial charge on any atom is 0.247 e. The second-order valence-corrected chi connectivity index (χ2v) is 7.29. The molecule has 0 spiro atoms. The molecule has 30 heavy (non-hydrogen) atoms. The standard InChI is InChI=1S/C19H26N8O3/c1-3-11(2)17(20)19(30)22-10-16(28)27-13-7-5-4-6-12(13)8-14(27)18(29)21-9-15-23-25-26-24-15/h4-7,11,14,17H,3,8-10,20H2,1-2H3,(H,21,29)(H,22,30)(H,23,24,25,26)/t11-,14-,17-/m0/s1. The van der Waals surface area contributed by atoms with Crippen molar-refractivity contribution < 1.29 is 14.4 Å². The molecule has 2 aromatic rings. The summed E-state index contributed by atoms with van der Waals surface area (Å²) in [5.41, 5.74) is 7.47. The molecule has 1 aromatic heterocycles. The molecule has 3 amide bonds. The van der Waals surface area contributed by atoms with Gasteiger partial charge < -0.3 is 16.4 Å². The monoisotopic (exact) mass is 414 g/mol. The van der Waals surface area contributed by atoms with Crippen molar-refractivity contribution in [3.05, 3.63) is 35.7 Å². The van der Waals surface area contributed by atoms with Gasteiger partial charge in [-0.15, -0.1) is 10.2 Å². The maximum absolute atomic E-state index is 13.0. The van der Waals surface area contributed by atoms with Gasteiger partial charge in [0.15, 0.2) is 5.82 Å². The Morgan fingerprint density at radius 3 is 2.77 bits per heavy atom. The molecule has 3 rings (SSSR count). The fourth-order valence-electron chi connectivity index (χ4n) is 3.32. The van der Waals surface area contributed by atoms with Gasteiger partial charge in [-0.1, -0.05) is 43.7 Å². The number of hydrogen-bond donors (Lipinski definition) is 4. The number of amides is 3. The fraction of sp³-hybridized carbons (Fsp3) is 0.474. The molecular weight excluding hydrogens is 388 g/mol. The molecule has 0 bridgehead atoms. The second-order valence-electron chi connectivity index (χ2n) is 7.29. The summed E-state index contributed by atoms with van der Waals surface area (Å²) in [5.74, 6) is -0.779. The van der Waals surface area contributed by atoms with Crippen molar-refractivity contribution in [2.75, 3.05) is 11.4 Å². The number of H-pyrrole nitrogens is 1. The second kappa shape index (κ2) is 9.44. The van der Waals surface area contributed by atoms with Crippen molar-refractivity contribution in [1.82, 2.24) is 31.3 Å². The third-order valence-corrected chi connectivity index (χ3v) is 5.33. The van der Waals surface area contributed by atoms with E-state index in [2.05, 4.69) is 31.3 Å². The molecule has 0 unspecified atom stereocenters. The van der Waals surface area contributed by atoms with Crippen LogP contribution < -0.4 is 21.3 Å². The number of hydrogen-bond acceptors (Lipinski definition) is 7. The zero-order valence-corrected chi connectivity index (χ0v) is 17.0. The molecule has 160 valence electrons. The molecule has 5 N–H and O–H groups in total. The minimum Gasteiger partial charge on any atom is -0.347 e. The lowest BCUT2D eigenvalue weighted by Gasteiger charge is -2.25. The molecule has 11 nitrogen and oxygen atoms in total. The van der Waals surface area contributed by atoms with E-state index in [4.69, 9.17) is 5.73 Å². The van der Waals surface area contributed by atoms with E-state index in [0.717, 1.165) is 12.0 Å². The number of anilines is 1. The Kier molecular flexibility index (Phi) is 6.72. The average molecular weight is 414 g/mol. The van der Waals surface area contributed by atoms with Gasteiger partial charge in [0.05, 0.1) is 19.1 Å². The van der Waals surface area contributed by atoms with Crippen LogP contribution in [0.4, 0.5) is 5.69 Å². The Balaban J connectivity index is 1.69. The van der Waals surface area contributed by atoms with Gasteiger partial charge in [0.2, 0.25) is 17.7 Å². The first-order chi connectivity index (χ1) is 14.4. The van der Waals surface area contributed by atoms with E-state index >= 15 is 0 Å². The summed E-state index contributed by atoms with van der Waals surface area (Å²) in [4.78, 5) is 39.4. The number of carbonyl (C=O) groups excluding carboxylic acids is 3. The topological polar surface area (TPSA) is 159 Å². The van der Waals surface area contributed by atoms with Crippen LogP contribution in [0.5, 0.6) is 0 Å². The Morgan fingerprint density at radius 1 is 1.30 bits per heavy atom. The Hall–Kier alpha value is -3.34. The molecule has 0 aliphatic carbocycles. The first-order valence-electron chi connectivity index (χ1n) is 9.85. The summed E-state index contributed by atoms with van der Waals surface area (Å²) in [6.45, 7) is 3.67. The van der Waals surface area contributed by atoms with Gasteiger partial charge in [0.1, 0.15) is 6.04 Å². The molecule has 0 saturated heterocycles. The lowest BCUT2D eigenvalue weighted by Crippen LogP contribution is -2.52. The van der Waals surface area contributed by atoms with E-state index in [1.165, 1.54) is 4.90 Å². The summed E-state index contributed by atoms with van der Waals surface area (Å²) in [6, 6.07) is 5.89. The number of nitrogens with one attached hydrogen (secondary N) is 3. The van der Waals surface area contributed by atoms with Gasteiger partial charge in [0, 0.05) is 12.1 Å². The number of aromatic nitrogens is 4. The largest absolute Gasteiger partial charge is 0.347 e. The lowest BCUT2D eigenvalue weighted by atomic mass is 9.99. The highest BCUT2D eigenvalue weighted by atomic mass is 16.2. The summed E-state index contributed by atoms with van der Waals surface area (Å²) in [6.07, 6.45) is 1.13. The molecule has 0 saturated carbocycles. The first kappa shape index (κ1) is 21.4. The molecule has 2 heterocycles. The van der Waals surface area contributed by atoms with Crippen LogP contribution >= 0.6 is 0 Å². The Morgan fingerprint density at radius 2 is 2.07 bits per heavy atom. The summed E-state index contributed by atoms with van der Waals surface area (Å²) in [7, 11) is 0. The minimum atomic E-state index is -0.734. The molecule has 11 heteroatoms. The maximum atomic E-state index is 13.0. The number of benzene rings is 1.